The summed E-state index contributed by atoms with van der Waals surface area (Å²) in [5.41, 5.74) is 1.80. The van der Waals surface area contributed by atoms with Gasteiger partial charge in [-0.1, -0.05) is 31.1 Å². The zero-order chi connectivity index (χ0) is 16.9. The quantitative estimate of drug-likeness (QED) is 0.657. The number of nitrogens with zero attached hydrogens (tertiary/aromatic N) is 2. The van der Waals surface area contributed by atoms with E-state index in [0.29, 0.717) is 11.1 Å². The lowest BCUT2D eigenvalue weighted by Crippen LogP contribution is -2.14. The highest BCUT2D eigenvalue weighted by atomic mass is 32.2. The van der Waals surface area contributed by atoms with E-state index < -0.39 is 0 Å². The Morgan fingerprint density at radius 3 is 2.71 bits per heavy atom. The number of thiophene rings is 1. The summed E-state index contributed by atoms with van der Waals surface area (Å²) in [5.74, 6) is 0.224. The molecule has 0 spiro atoms. The maximum absolute atomic E-state index is 12.1. The van der Waals surface area contributed by atoms with Crippen molar-refractivity contribution in [3.63, 3.8) is 0 Å². The highest BCUT2D eigenvalue weighted by Gasteiger charge is 2.12. The first kappa shape index (κ1) is 16.7. The SMILES string of the molecule is CC(C)Sc1ccc(CC(=O)Nc2nnc(-c3ccsc3)o2)cc1. The van der Waals surface area contributed by atoms with E-state index in [-0.39, 0.29) is 18.3 Å². The van der Waals surface area contributed by atoms with Gasteiger partial charge >= 0.3 is 6.01 Å². The van der Waals surface area contributed by atoms with Gasteiger partial charge in [0, 0.05) is 21.1 Å². The van der Waals surface area contributed by atoms with E-state index >= 15 is 0 Å². The number of thioether (sulfide) groups is 1. The van der Waals surface area contributed by atoms with Crippen LogP contribution >= 0.6 is 23.1 Å². The Kier molecular flexibility index (Phi) is 5.32. The van der Waals surface area contributed by atoms with Crippen LogP contribution in [0, 0.1) is 0 Å². The van der Waals surface area contributed by atoms with E-state index in [4.69, 9.17) is 4.42 Å². The molecule has 1 N–H and O–H groups in total. The summed E-state index contributed by atoms with van der Waals surface area (Å²) in [7, 11) is 0. The van der Waals surface area contributed by atoms with Crippen LogP contribution in [-0.2, 0) is 11.2 Å². The van der Waals surface area contributed by atoms with E-state index in [0.717, 1.165) is 11.1 Å². The Balaban J connectivity index is 1.57. The summed E-state index contributed by atoms with van der Waals surface area (Å²) >= 11 is 3.34. The predicted molar refractivity (Wildman–Crippen MR) is 97.4 cm³/mol. The molecule has 24 heavy (non-hydrogen) atoms. The first-order valence-corrected chi connectivity index (χ1v) is 9.34. The third-order valence-corrected chi connectivity index (χ3v) is 4.80. The molecule has 2 aromatic heterocycles. The monoisotopic (exact) mass is 359 g/mol. The van der Waals surface area contributed by atoms with Crippen LogP contribution < -0.4 is 5.32 Å². The molecule has 3 aromatic rings. The predicted octanol–water partition coefficient (Wildman–Crippen LogP) is 4.48. The summed E-state index contributed by atoms with van der Waals surface area (Å²) in [6.07, 6.45) is 0.267. The molecule has 7 heteroatoms. The van der Waals surface area contributed by atoms with E-state index in [2.05, 4.69) is 29.4 Å². The molecule has 0 unspecified atom stereocenters. The molecule has 0 saturated carbocycles. The number of carbonyl (C=O) groups excluding carboxylic acids is 1. The molecule has 124 valence electrons. The van der Waals surface area contributed by atoms with Crippen LogP contribution in [0.3, 0.4) is 0 Å². The smallest absolute Gasteiger partial charge is 0.322 e. The van der Waals surface area contributed by atoms with E-state index in [1.807, 2.05) is 41.1 Å². The molecule has 0 fully saturated rings. The van der Waals surface area contributed by atoms with Crippen LogP contribution in [0.1, 0.15) is 19.4 Å². The summed E-state index contributed by atoms with van der Waals surface area (Å²) < 4.78 is 5.45. The number of aromatic nitrogens is 2. The Bertz CT molecular complexity index is 796. The van der Waals surface area contributed by atoms with Crippen molar-refractivity contribution in [2.75, 3.05) is 5.32 Å². The van der Waals surface area contributed by atoms with E-state index in [9.17, 15) is 4.79 Å². The molecule has 0 saturated heterocycles. The molecule has 0 aliphatic heterocycles. The minimum absolute atomic E-state index is 0.119. The molecule has 0 atom stereocenters. The first-order chi connectivity index (χ1) is 11.6. The number of amides is 1. The second-order valence-corrected chi connectivity index (χ2v) is 7.89. The zero-order valence-electron chi connectivity index (χ0n) is 13.4. The fraction of sp³-hybridized carbons (Fsp3) is 0.235. The number of benzene rings is 1. The lowest BCUT2D eigenvalue weighted by atomic mass is 10.1. The van der Waals surface area contributed by atoms with Gasteiger partial charge in [-0.15, -0.1) is 16.9 Å². The number of rotatable bonds is 6. The lowest BCUT2D eigenvalue weighted by Gasteiger charge is -2.06. The number of nitrogens with one attached hydrogen (secondary N) is 1. The van der Waals surface area contributed by atoms with Crippen molar-refractivity contribution >= 4 is 35.0 Å². The fourth-order valence-electron chi connectivity index (χ4n) is 2.08. The number of anilines is 1. The molecular weight excluding hydrogens is 342 g/mol. The maximum Gasteiger partial charge on any atom is 0.322 e. The van der Waals surface area contributed by atoms with Gasteiger partial charge in [0.1, 0.15) is 0 Å². The van der Waals surface area contributed by atoms with Gasteiger partial charge in [0.15, 0.2) is 0 Å². The second-order valence-electron chi connectivity index (χ2n) is 5.46. The zero-order valence-corrected chi connectivity index (χ0v) is 15.0. The molecular formula is C17H17N3O2S2. The van der Waals surface area contributed by atoms with Crippen LogP contribution in [0.15, 0.2) is 50.4 Å². The van der Waals surface area contributed by atoms with E-state index in [1.165, 1.54) is 4.90 Å². The molecule has 0 bridgehead atoms. The lowest BCUT2D eigenvalue weighted by molar-refractivity contribution is -0.115. The van der Waals surface area contributed by atoms with Gasteiger partial charge in [0.05, 0.1) is 6.42 Å². The largest absolute Gasteiger partial charge is 0.403 e. The highest BCUT2D eigenvalue weighted by Crippen LogP contribution is 2.24. The Hall–Kier alpha value is -2.12. The fourth-order valence-corrected chi connectivity index (χ4v) is 3.55. The van der Waals surface area contributed by atoms with Gasteiger partial charge in [0.2, 0.25) is 5.91 Å². The third kappa shape index (κ3) is 4.46. The van der Waals surface area contributed by atoms with Crippen LogP contribution in [0.5, 0.6) is 0 Å². The summed E-state index contributed by atoms with van der Waals surface area (Å²) in [5, 5.41) is 14.8. The average Bonchev–Trinajstić information content (AvgIpc) is 3.19. The van der Waals surface area contributed by atoms with Crippen LogP contribution in [-0.4, -0.2) is 21.4 Å². The summed E-state index contributed by atoms with van der Waals surface area (Å²) in [6, 6.07) is 10.0. The van der Waals surface area contributed by atoms with Crippen molar-refractivity contribution in [3.8, 4) is 11.5 Å². The standard InChI is InChI=1S/C17H17N3O2S2/c1-11(2)24-14-5-3-12(4-6-14)9-15(21)18-17-20-19-16(22-17)13-7-8-23-10-13/h3-8,10-11H,9H2,1-2H3,(H,18,20,21). The van der Waals surface area contributed by atoms with Gasteiger partial charge in [-0.3, -0.25) is 10.1 Å². The average molecular weight is 359 g/mol. The van der Waals surface area contributed by atoms with Crippen molar-refractivity contribution in [2.24, 2.45) is 0 Å². The Morgan fingerprint density at radius 1 is 1.25 bits per heavy atom. The summed E-state index contributed by atoms with van der Waals surface area (Å²) in [6.45, 7) is 4.31. The normalized spacial score (nSPS) is 11.0. The molecule has 0 aliphatic carbocycles. The summed E-state index contributed by atoms with van der Waals surface area (Å²) in [4.78, 5) is 13.3. The van der Waals surface area contributed by atoms with Crippen LogP contribution in [0.4, 0.5) is 6.01 Å². The third-order valence-electron chi connectivity index (χ3n) is 3.10. The molecule has 2 heterocycles. The van der Waals surface area contributed by atoms with Crippen molar-refractivity contribution < 1.29 is 9.21 Å². The highest BCUT2D eigenvalue weighted by molar-refractivity contribution is 7.99. The molecule has 0 radical (unpaired) electrons. The van der Waals surface area contributed by atoms with Crippen molar-refractivity contribution in [2.45, 2.75) is 30.4 Å². The number of carbonyl (C=O) groups is 1. The number of hydrogen-bond donors (Lipinski definition) is 1. The van der Waals surface area contributed by atoms with Gasteiger partial charge in [-0.2, -0.15) is 11.3 Å². The minimum atomic E-state index is -0.181. The molecule has 5 nitrogen and oxygen atoms in total. The first-order valence-electron chi connectivity index (χ1n) is 7.51. The van der Waals surface area contributed by atoms with Crippen LogP contribution in [0.2, 0.25) is 0 Å². The molecule has 0 aliphatic rings. The van der Waals surface area contributed by atoms with Gasteiger partial charge in [-0.05, 0) is 29.1 Å². The van der Waals surface area contributed by atoms with Crippen LogP contribution in [0.25, 0.3) is 11.5 Å². The van der Waals surface area contributed by atoms with Gasteiger partial charge < -0.3 is 4.42 Å². The molecule has 1 amide bonds. The van der Waals surface area contributed by atoms with Crippen molar-refractivity contribution in [3.05, 3.63) is 46.7 Å². The minimum Gasteiger partial charge on any atom is -0.403 e. The van der Waals surface area contributed by atoms with Gasteiger partial charge in [-0.25, -0.2) is 0 Å². The van der Waals surface area contributed by atoms with Crippen molar-refractivity contribution in [1.82, 2.24) is 10.2 Å². The van der Waals surface area contributed by atoms with Crippen molar-refractivity contribution in [1.29, 1.82) is 0 Å². The Morgan fingerprint density at radius 2 is 2.04 bits per heavy atom. The van der Waals surface area contributed by atoms with E-state index in [1.54, 1.807) is 23.1 Å². The molecule has 1 aromatic carbocycles. The Labute approximate surface area is 148 Å². The number of hydrogen-bond acceptors (Lipinski definition) is 6. The second kappa shape index (κ2) is 7.63. The van der Waals surface area contributed by atoms with Gasteiger partial charge in [0.25, 0.3) is 5.89 Å². The maximum atomic E-state index is 12.1. The molecule has 3 rings (SSSR count). The topological polar surface area (TPSA) is 68.0 Å².